The Morgan fingerprint density at radius 3 is 1.77 bits per heavy atom. The molecule has 0 aromatic rings. The highest BCUT2D eigenvalue weighted by Gasteiger charge is 2.12. The molecular weight excluding hydrogens is 158 g/mol. The molecule has 0 bridgehead atoms. The summed E-state index contributed by atoms with van der Waals surface area (Å²) in [5, 5.41) is 0. The predicted octanol–water partition coefficient (Wildman–Crippen LogP) is 3.57. The second-order valence-electron chi connectivity index (χ2n) is 3.04. The van der Waals surface area contributed by atoms with Gasteiger partial charge in [0.1, 0.15) is 0 Å². The summed E-state index contributed by atoms with van der Waals surface area (Å²) >= 11 is 0. The van der Waals surface area contributed by atoms with E-state index in [1.165, 1.54) is 6.54 Å². The van der Waals surface area contributed by atoms with Crippen molar-refractivity contribution in [2.24, 2.45) is 5.92 Å². The van der Waals surface area contributed by atoms with Crippen molar-refractivity contribution in [2.45, 2.75) is 47.6 Å². The maximum absolute atomic E-state index is 2.37. The predicted molar refractivity (Wildman–Crippen MR) is 63.1 cm³/mol. The summed E-state index contributed by atoms with van der Waals surface area (Å²) in [6.45, 7) is 13.7. The Kier molecular flexibility index (Phi) is 11.4. The number of hydrogen-bond donors (Lipinski definition) is 0. The van der Waals surface area contributed by atoms with Gasteiger partial charge < -0.3 is 0 Å². The standard InChI is InChI=1S/C8H15N.2C2H6/c1-7-4-5-8(2)9(3)6-7;2*1-2/h4-5,7-8H,6H2,1-3H3;2*1-2H3. The fraction of sp³-hybridized carbons (Fsp3) is 0.833. The Morgan fingerprint density at radius 1 is 1.00 bits per heavy atom. The van der Waals surface area contributed by atoms with Crippen LogP contribution in [0.5, 0.6) is 0 Å². The topological polar surface area (TPSA) is 3.24 Å². The van der Waals surface area contributed by atoms with Gasteiger partial charge in [0.2, 0.25) is 0 Å². The molecule has 0 amide bonds. The van der Waals surface area contributed by atoms with Crippen LogP contribution in [0.1, 0.15) is 41.5 Å². The van der Waals surface area contributed by atoms with E-state index in [9.17, 15) is 0 Å². The fourth-order valence-electron chi connectivity index (χ4n) is 1.18. The van der Waals surface area contributed by atoms with Crippen molar-refractivity contribution in [3.05, 3.63) is 12.2 Å². The second-order valence-corrected chi connectivity index (χ2v) is 3.04. The molecule has 0 aliphatic carbocycles. The van der Waals surface area contributed by atoms with E-state index in [-0.39, 0.29) is 0 Å². The minimum Gasteiger partial charge on any atom is -0.300 e. The summed E-state index contributed by atoms with van der Waals surface area (Å²) in [6, 6.07) is 0.640. The van der Waals surface area contributed by atoms with E-state index in [4.69, 9.17) is 0 Å². The molecule has 0 saturated carbocycles. The van der Waals surface area contributed by atoms with Gasteiger partial charge in [0.05, 0.1) is 0 Å². The van der Waals surface area contributed by atoms with Crippen LogP contribution in [0.4, 0.5) is 0 Å². The zero-order valence-electron chi connectivity index (χ0n) is 10.5. The van der Waals surface area contributed by atoms with Gasteiger partial charge >= 0.3 is 0 Å². The molecule has 80 valence electrons. The largest absolute Gasteiger partial charge is 0.300 e. The van der Waals surface area contributed by atoms with Crippen LogP contribution in [-0.4, -0.2) is 24.5 Å². The Hall–Kier alpha value is -0.300. The number of hydrogen-bond acceptors (Lipinski definition) is 1. The Bertz CT molecular complexity index is 118. The van der Waals surface area contributed by atoms with E-state index in [0.29, 0.717) is 6.04 Å². The van der Waals surface area contributed by atoms with Gasteiger partial charge in [0.15, 0.2) is 0 Å². The molecule has 0 fully saturated rings. The summed E-state index contributed by atoms with van der Waals surface area (Å²) in [4.78, 5) is 2.37. The van der Waals surface area contributed by atoms with E-state index in [1.807, 2.05) is 27.7 Å². The first-order valence-electron chi connectivity index (χ1n) is 5.58. The molecule has 1 nitrogen and oxygen atoms in total. The third-order valence-corrected chi connectivity index (χ3v) is 1.99. The van der Waals surface area contributed by atoms with E-state index >= 15 is 0 Å². The van der Waals surface area contributed by atoms with Crippen molar-refractivity contribution >= 4 is 0 Å². The van der Waals surface area contributed by atoms with E-state index in [1.54, 1.807) is 0 Å². The van der Waals surface area contributed by atoms with E-state index in [0.717, 1.165) is 5.92 Å². The van der Waals surface area contributed by atoms with Gasteiger partial charge in [0, 0.05) is 12.6 Å². The monoisotopic (exact) mass is 185 g/mol. The molecule has 2 unspecified atom stereocenters. The number of nitrogens with zero attached hydrogens (tertiary/aromatic N) is 1. The van der Waals surface area contributed by atoms with Gasteiger partial charge in [-0.05, 0) is 19.9 Å². The summed E-state index contributed by atoms with van der Waals surface area (Å²) in [5.41, 5.74) is 0. The molecule has 0 N–H and O–H groups in total. The first-order valence-corrected chi connectivity index (χ1v) is 5.58. The lowest BCUT2D eigenvalue weighted by Gasteiger charge is -2.28. The minimum atomic E-state index is 0.640. The van der Waals surface area contributed by atoms with Crippen LogP contribution in [0.15, 0.2) is 12.2 Å². The van der Waals surface area contributed by atoms with Crippen LogP contribution >= 0.6 is 0 Å². The molecule has 1 aliphatic rings. The smallest absolute Gasteiger partial charge is 0.0247 e. The Morgan fingerprint density at radius 2 is 1.46 bits per heavy atom. The second kappa shape index (κ2) is 9.79. The van der Waals surface area contributed by atoms with Gasteiger partial charge in [-0.2, -0.15) is 0 Å². The first-order chi connectivity index (χ1) is 6.20. The molecule has 1 rings (SSSR count). The average Bonchev–Trinajstić information content (AvgIpc) is 2.18. The van der Waals surface area contributed by atoms with Crippen LogP contribution in [-0.2, 0) is 0 Å². The maximum atomic E-state index is 2.37. The van der Waals surface area contributed by atoms with Crippen LogP contribution < -0.4 is 0 Å². The molecule has 1 aliphatic heterocycles. The van der Waals surface area contributed by atoms with Crippen LogP contribution in [0.2, 0.25) is 0 Å². The quantitative estimate of drug-likeness (QED) is 0.522. The van der Waals surface area contributed by atoms with Crippen LogP contribution in [0.25, 0.3) is 0 Å². The number of rotatable bonds is 0. The normalized spacial score (nSPS) is 26.7. The van der Waals surface area contributed by atoms with Crippen molar-refractivity contribution in [2.75, 3.05) is 13.6 Å². The molecule has 1 heteroatoms. The first kappa shape index (κ1) is 15.2. The molecule has 0 spiro atoms. The zero-order chi connectivity index (χ0) is 10.9. The van der Waals surface area contributed by atoms with Crippen molar-refractivity contribution in [3.63, 3.8) is 0 Å². The van der Waals surface area contributed by atoms with Crippen molar-refractivity contribution in [1.82, 2.24) is 4.90 Å². The highest BCUT2D eigenvalue weighted by Crippen LogP contribution is 2.11. The number of likely N-dealkylation sites (N-methyl/N-ethyl adjacent to an activating group) is 1. The molecule has 0 saturated heterocycles. The maximum Gasteiger partial charge on any atom is 0.0247 e. The summed E-state index contributed by atoms with van der Waals surface area (Å²) in [5.74, 6) is 0.742. The summed E-state index contributed by atoms with van der Waals surface area (Å²) < 4.78 is 0. The van der Waals surface area contributed by atoms with Crippen molar-refractivity contribution < 1.29 is 0 Å². The average molecular weight is 185 g/mol. The minimum absolute atomic E-state index is 0.640. The third-order valence-electron chi connectivity index (χ3n) is 1.99. The highest BCUT2D eigenvalue weighted by atomic mass is 15.1. The Labute approximate surface area is 84.8 Å². The zero-order valence-corrected chi connectivity index (χ0v) is 10.5. The van der Waals surface area contributed by atoms with Crippen molar-refractivity contribution in [1.29, 1.82) is 0 Å². The highest BCUT2D eigenvalue weighted by molar-refractivity contribution is 4.99. The Balaban J connectivity index is 0. The molecule has 1 heterocycles. The summed E-state index contributed by atoms with van der Waals surface area (Å²) in [7, 11) is 2.17. The van der Waals surface area contributed by atoms with E-state index in [2.05, 4.69) is 37.9 Å². The lowest BCUT2D eigenvalue weighted by Crippen LogP contribution is -2.34. The van der Waals surface area contributed by atoms with E-state index < -0.39 is 0 Å². The fourth-order valence-corrected chi connectivity index (χ4v) is 1.18. The molecule has 2 atom stereocenters. The third kappa shape index (κ3) is 6.83. The lowest BCUT2D eigenvalue weighted by atomic mass is 10.0. The molecule has 0 radical (unpaired) electrons. The van der Waals surface area contributed by atoms with Crippen LogP contribution in [0.3, 0.4) is 0 Å². The molecular formula is C12H27N. The molecule has 13 heavy (non-hydrogen) atoms. The molecule has 0 aromatic heterocycles. The summed E-state index contributed by atoms with van der Waals surface area (Å²) in [6.07, 6.45) is 4.57. The lowest BCUT2D eigenvalue weighted by molar-refractivity contribution is 0.258. The van der Waals surface area contributed by atoms with Crippen LogP contribution in [0, 0.1) is 5.92 Å². The SMILES string of the molecule is CC.CC.CC1C=CC(C)N(C)C1. The van der Waals surface area contributed by atoms with Gasteiger partial charge in [-0.1, -0.05) is 46.8 Å². The van der Waals surface area contributed by atoms with Crippen molar-refractivity contribution in [3.8, 4) is 0 Å². The molecule has 0 aromatic carbocycles. The van der Waals surface area contributed by atoms with Gasteiger partial charge in [0.25, 0.3) is 0 Å². The van der Waals surface area contributed by atoms with Gasteiger partial charge in [-0.15, -0.1) is 0 Å². The van der Waals surface area contributed by atoms with Gasteiger partial charge in [-0.25, -0.2) is 0 Å². The van der Waals surface area contributed by atoms with Gasteiger partial charge in [-0.3, -0.25) is 4.90 Å².